The highest BCUT2D eigenvalue weighted by Gasteiger charge is 2.20. The monoisotopic (exact) mass is 451 g/mol. The zero-order valence-corrected chi connectivity index (χ0v) is 19.4. The second-order valence-electron chi connectivity index (χ2n) is 8.57. The third-order valence-corrected chi connectivity index (χ3v) is 7.31. The van der Waals surface area contributed by atoms with Crippen molar-refractivity contribution in [1.29, 1.82) is 0 Å². The molecule has 6 heteroatoms. The molecule has 3 aromatic rings. The topological polar surface area (TPSA) is 83.5 Å². The van der Waals surface area contributed by atoms with E-state index in [1.807, 2.05) is 30.3 Å². The molecule has 32 heavy (non-hydrogen) atoms. The van der Waals surface area contributed by atoms with Crippen LogP contribution >= 0.6 is 0 Å². The van der Waals surface area contributed by atoms with E-state index in [9.17, 15) is 13.2 Å². The van der Waals surface area contributed by atoms with Crippen LogP contribution in [0.1, 0.15) is 54.2 Å². The first-order valence-corrected chi connectivity index (χ1v) is 12.1. The number of carboxylic acid groups (broad SMARTS) is 1. The molecule has 5 nitrogen and oxygen atoms in total. The van der Waals surface area contributed by atoms with E-state index in [-0.39, 0.29) is 15.9 Å². The Bertz CT molecular complexity index is 1180. The smallest absolute Gasteiger partial charge is 0.335 e. The Morgan fingerprint density at radius 3 is 2.12 bits per heavy atom. The molecule has 0 atom stereocenters. The fourth-order valence-electron chi connectivity index (χ4n) is 3.40. The first-order valence-electron chi connectivity index (χ1n) is 10.7. The third-order valence-electron chi connectivity index (χ3n) is 5.91. The van der Waals surface area contributed by atoms with Gasteiger partial charge in [0.25, 0.3) is 10.0 Å². The molecular weight excluding hydrogens is 422 g/mol. The quantitative estimate of drug-likeness (QED) is 0.440. The van der Waals surface area contributed by atoms with E-state index >= 15 is 0 Å². The van der Waals surface area contributed by atoms with Gasteiger partial charge in [0.15, 0.2) is 0 Å². The van der Waals surface area contributed by atoms with Crippen LogP contribution in [0.4, 0.5) is 5.69 Å². The van der Waals surface area contributed by atoms with Gasteiger partial charge >= 0.3 is 5.97 Å². The Morgan fingerprint density at radius 1 is 0.906 bits per heavy atom. The van der Waals surface area contributed by atoms with Crippen molar-refractivity contribution < 1.29 is 18.3 Å². The van der Waals surface area contributed by atoms with Gasteiger partial charge in [-0.15, -0.1) is 0 Å². The fraction of sp³-hybridized carbons (Fsp3) is 0.269. The number of rotatable bonds is 9. The number of sulfonamides is 1. The molecule has 0 bridgehead atoms. The van der Waals surface area contributed by atoms with Crippen molar-refractivity contribution in [3.8, 4) is 0 Å². The molecule has 0 saturated carbocycles. The Hall–Kier alpha value is -3.12. The van der Waals surface area contributed by atoms with Crippen molar-refractivity contribution in [1.82, 2.24) is 0 Å². The van der Waals surface area contributed by atoms with E-state index in [1.54, 1.807) is 42.5 Å². The van der Waals surface area contributed by atoms with Crippen molar-refractivity contribution in [2.75, 3.05) is 4.72 Å². The van der Waals surface area contributed by atoms with Crippen molar-refractivity contribution in [3.63, 3.8) is 0 Å². The normalized spacial score (nSPS) is 11.8. The summed E-state index contributed by atoms with van der Waals surface area (Å²) in [5.74, 6) is -0.944. The Kier molecular flexibility index (Phi) is 7.04. The number of anilines is 1. The van der Waals surface area contributed by atoms with Gasteiger partial charge in [-0.1, -0.05) is 57.2 Å². The van der Waals surface area contributed by atoms with Crippen LogP contribution in [0.2, 0.25) is 0 Å². The lowest BCUT2D eigenvalue weighted by molar-refractivity contribution is 0.0697. The van der Waals surface area contributed by atoms with Crippen molar-refractivity contribution in [2.24, 2.45) is 0 Å². The van der Waals surface area contributed by atoms with E-state index in [0.717, 1.165) is 29.5 Å². The van der Waals surface area contributed by atoms with Crippen LogP contribution in [0.3, 0.4) is 0 Å². The predicted octanol–water partition coefficient (Wildman–Crippen LogP) is 5.66. The summed E-state index contributed by atoms with van der Waals surface area (Å²) in [6, 6.07) is 21.2. The molecule has 0 radical (unpaired) electrons. The number of aryl methyl sites for hydroxylation is 2. The van der Waals surface area contributed by atoms with Gasteiger partial charge in [0.2, 0.25) is 0 Å². The summed E-state index contributed by atoms with van der Waals surface area (Å²) in [6.07, 6.45) is 2.40. The molecule has 168 valence electrons. The van der Waals surface area contributed by atoms with Crippen LogP contribution in [0.25, 0.3) is 0 Å². The van der Waals surface area contributed by atoms with Crippen LogP contribution in [-0.4, -0.2) is 19.5 Å². The Labute approximate surface area is 190 Å². The second kappa shape index (κ2) is 9.57. The highest BCUT2D eigenvalue weighted by atomic mass is 32.2. The lowest BCUT2D eigenvalue weighted by Crippen LogP contribution is -2.17. The minimum Gasteiger partial charge on any atom is -0.478 e. The SMILES string of the molecule is CCC(C)(C)c1ccc(S(=O)(=O)Nc2cccc(CCc3ccc(C(=O)O)cc3)c2)cc1. The molecule has 0 amide bonds. The molecule has 0 aliphatic rings. The largest absolute Gasteiger partial charge is 0.478 e. The van der Waals surface area contributed by atoms with Gasteiger partial charge in [-0.2, -0.15) is 0 Å². The summed E-state index contributed by atoms with van der Waals surface area (Å²) >= 11 is 0. The number of carboxylic acids is 1. The maximum Gasteiger partial charge on any atom is 0.335 e. The number of aromatic carboxylic acids is 1. The molecule has 0 spiro atoms. The Balaban J connectivity index is 1.68. The number of carbonyl (C=O) groups is 1. The Morgan fingerprint density at radius 2 is 1.53 bits per heavy atom. The summed E-state index contributed by atoms with van der Waals surface area (Å²) < 4.78 is 28.4. The lowest BCUT2D eigenvalue weighted by Gasteiger charge is -2.23. The van der Waals surface area contributed by atoms with Crippen LogP contribution in [0, 0.1) is 0 Å². The van der Waals surface area contributed by atoms with Gasteiger partial charge in [-0.05, 0) is 77.8 Å². The second-order valence-corrected chi connectivity index (χ2v) is 10.3. The maximum absolute atomic E-state index is 12.9. The fourth-order valence-corrected chi connectivity index (χ4v) is 4.45. The zero-order chi connectivity index (χ0) is 23.4. The number of hydrogen-bond acceptors (Lipinski definition) is 3. The molecule has 0 aliphatic carbocycles. The molecule has 0 saturated heterocycles. The molecule has 0 fully saturated rings. The summed E-state index contributed by atoms with van der Waals surface area (Å²) in [7, 11) is -3.68. The van der Waals surface area contributed by atoms with Crippen molar-refractivity contribution in [3.05, 3.63) is 95.1 Å². The minimum absolute atomic E-state index is 0.00199. The van der Waals surface area contributed by atoms with E-state index in [4.69, 9.17) is 5.11 Å². The van der Waals surface area contributed by atoms with Crippen molar-refractivity contribution >= 4 is 21.7 Å². The van der Waals surface area contributed by atoms with Gasteiger partial charge in [0.1, 0.15) is 0 Å². The summed E-state index contributed by atoms with van der Waals surface area (Å²) in [4.78, 5) is 11.2. The molecule has 3 aromatic carbocycles. The lowest BCUT2D eigenvalue weighted by atomic mass is 9.82. The summed E-state index contributed by atoms with van der Waals surface area (Å²) in [5.41, 5.74) is 3.90. The van der Waals surface area contributed by atoms with Gasteiger partial charge in [0.05, 0.1) is 10.5 Å². The zero-order valence-electron chi connectivity index (χ0n) is 18.6. The molecule has 0 heterocycles. The van der Waals surface area contributed by atoms with E-state index in [1.165, 1.54) is 0 Å². The van der Waals surface area contributed by atoms with E-state index < -0.39 is 16.0 Å². The van der Waals surface area contributed by atoms with Gasteiger partial charge in [-0.3, -0.25) is 4.72 Å². The number of nitrogens with one attached hydrogen (secondary N) is 1. The third kappa shape index (κ3) is 5.77. The molecule has 0 aliphatic heterocycles. The highest BCUT2D eigenvalue weighted by Crippen LogP contribution is 2.28. The van der Waals surface area contributed by atoms with E-state index in [0.29, 0.717) is 12.1 Å². The minimum atomic E-state index is -3.68. The molecule has 2 N–H and O–H groups in total. The molecule has 0 unspecified atom stereocenters. The molecular formula is C26H29NO4S. The van der Waals surface area contributed by atoms with Gasteiger partial charge < -0.3 is 5.11 Å². The number of benzene rings is 3. The van der Waals surface area contributed by atoms with Gasteiger partial charge in [0, 0.05) is 5.69 Å². The molecule has 3 rings (SSSR count). The average Bonchev–Trinajstić information content (AvgIpc) is 2.78. The van der Waals surface area contributed by atoms with Crippen molar-refractivity contribution in [2.45, 2.75) is 50.3 Å². The van der Waals surface area contributed by atoms with Crippen LogP contribution in [0.5, 0.6) is 0 Å². The average molecular weight is 452 g/mol. The van der Waals surface area contributed by atoms with Crippen LogP contribution in [-0.2, 0) is 28.3 Å². The van der Waals surface area contributed by atoms with Gasteiger partial charge in [-0.25, -0.2) is 13.2 Å². The molecule has 0 aromatic heterocycles. The standard InChI is InChI=1S/C26H29NO4S/c1-4-26(2,3)22-14-16-24(17-15-22)32(30,31)27-23-7-5-6-20(18-23)9-8-19-10-12-21(13-11-19)25(28)29/h5-7,10-18,27H,4,8-9H2,1-3H3,(H,28,29). The summed E-state index contributed by atoms with van der Waals surface area (Å²) in [5, 5.41) is 8.99. The predicted molar refractivity (Wildman–Crippen MR) is 128 cm³/mol. The highest BCUT2D eigenvalue weighted by molar-refractivity contribution is 7.92. The number of hydrogen-bond donors (Lipinski definition) is 2. The van der Waals surface area contributed by atoms with Crippen LogP contribution < -0.4 is 4.72 Å². The van der Waals surface area contributed by atoms with E-state index in [2.05, 4.69) is 25.5 Å². The maximum atomic E-state index is 12.9. The first kappa shape index (κ1) is 23.5. The summed E-state index contributed by atoms with van der Waals surface area (Å²) in [6.45, 7) is 6.39. The first-order chi connectivity index (χ1) is 15.1. The van der Waals surface area contributed by atoms with Crippen LogP contribution in [0.15, 0.2) is 77.7 Å².